The Morgan fingerprint density at radius 2 is 2.06 bits per heavy atom. The van der Waals surface area contributed by atoms with Gasteiger partial charge in [0.15, 0.2) is 5.58 Å². The zero-order valence-electron chi connectivity index (χ0n) is 16.7. The van der Waals surface area contributed by atoms with E-state index in [4.69, 9.17) is 4.42 Å². The number of aryl methyl sites for hydroxylation is 1. The first-order valence-corrected chi connectivity index (χ1v) is 10.2. The van der Waals surface area contributed by atoms with Crippen LogP contribution in [0.3, 0.4) is 0 Å². The van der Waals surface area contributed by atoms with E-state index < -0.39 is 10.7 Å². The highest BCUT2D eigenvalue weighted by molar-refractivity contribution is 5.86. The largest absolute Gasteiger partial charge is 0.419 e. The second kappa shape index (κ2) is 7.42. The first-order chi connectivity index (χ1) is 15.0. The van der Waals surface area contributed by atoms with Crippen LogP contribution in [0.5, 0.6) is 0 Å². The molecule has 9 heteroatoms. The van der Waals surface area contributed by atoms with Crippen molar-refractivity contribution in [2.24, 2.45) is 0 Å². The fraction of sp³-hybridized carbons (Fsp3) is 0.273. The van der Waals surface area contributed by atoms with Crippen LogP contribution in [-0.2, 0) is 24.3 Å². The lowest BCUT2D eigenvalue weighted by Crippen LogP contribution is -2.35. The molecule has 2 aromatic carbocycles. The molecule has 1 amide bonds. The lowest BCUT2D eigenvalue weighted by atomic mass is 10.0. The zero-order valence-corrected chi connectivity index (χ0v) is 16.7. The van der Waals surface area contributed by atoms with Crippen LogP contribution in [-0.4, -0.2) is 31.8 Å². The number of nitrogens with zero attached hydrogens (tertiary/aromatic N) is 3. The molecule has 0 unspecified atom stereocenters. The van der Waals surface area contributed by atoms with E-state index in [9.17, 15) is 19.7 Å². The molecule has 5 rings (SSSR count). The van der Waals surface area contributed by atoms with Crippen LogP contribution in [0.1, 0.15) is 24.1 Å². The summed E-state index contributed by atoms with van der Waals surface area (Å²) in [6.07, 6.45) is 1.58. The first-order valence-electron chi connectivity index (χ1n) is 10.2. The molecule has 0 fully saturated rings. The van der Waals surface area contributed by atoms with Gasteiger partial charge in [-0.2, -0.15) is 0 Å². The second-order valence-corrected chi connectivity index (χ2v) is 7.73. The van der Waals surface area contributed by atoms with Crippen molar-refractivity contribution >= 4 is 33.6 Å². The molecule has 0 bridgehead atoms. The van der Waals surface area contributed by atoms with Gasteiger partial charge in [-0.25, -0.2) is 4.79 Å². The molecule has 0 saturated carbocycles. The zero-order chi connectivity index (χ0) is 21.5. The third-order valence-corrected chi connectivity index (χ3v) is 5.87. The molecule has 1 aliphatic heterocycles. The van der Waals surface area contributed by atoms with Gasteiger partial charge in [0, 0.05) is 60.7 Å². The lowest BCUT2D eigenvalue weighted by Gasteiger charge is -2.27. The maximum absolute atomic E-state index is 12.8. The van der Waals surface area contributed by atoms with Crippen molar-refractivity contribution in [2.45, 2.75) is 32.4 Å². The molecule has 9 nitrogen and oxygen atoms in total. The third-order valence-electron chi connectivity index (χ3n) is 5.87. The van der Waals surface area contributed by atoms with E-state index >= 15 is 0 Å². The Morgan fingerprint density at radius 1 is 1.23 bits per heavy atom. The average molecular weight is 420 g/mol. The fourth-order valence-corrected chi connectivity index (χ4v) is 4.31. The van der Waals surface area contributed by atoms with Gasteiger partial charge in [-0.15, -0.1) is 0 Å². The quantitative estimate of drug-likeness (QED) is 0.393. The predicted octanol–water partition coefficient (Wildman–Crippen LogP) is 3.35. The molecular formula is C22H20N4O5. The van der Waals surface area contributed by atoms with E-state index in [0.717, 1.165) is 17.3 Å². The predicted molar refractivity (Wildman–Crippen MR) is 114 cm³/mol. The molecule has 2 aromatic heterocycles. The number of oxazole rings is 1. The number of nitro benzene ring substituents is 1. The number of fused-ring (bicyclic) bond motifs is 4. The van der Waals surface area contributed by atoms with Crippen molar-refractivity contribution in [2.75, 3.05) is 6.54 Å². The Hall–Kier alpha value is -3.88. The van der Waals surface area contributed by atoms with Crippen molar-refractivity contribution in [1.29, 1.82) is 0 Å². The maximum Gasteiger partial charge on any atom is 0.419 e. The number of H-pyrrole nitrogens is 1. The summed E-state index contributed by atoms with van der Waals surface area (Å²) in [5.74, 6) is -0.531. The molecule has 0 radical (unpaired) electrons. The minimum atomic E-state index is -0.579. The summed E-state index contributed by atoms with van der Waals surface area (Å²) in [5, 5.41) is 12.1. The van der Waals surface area contributed by atoms with Gasteiger partial charge in [-0.1, -0.05) is 18.2 Å². The summed E-state index contributed by atoms with van der Waals surface area (Å²) in [6.45, 7) is 1.55. The summed E-state index contributed by atoms with van der Waals surface area (Å²) in [4.78, 5) is 40.6. The Morgan fingerprint density at radius 3 is 2.90 bits per heavy atom. The number of carbonyl (C=O) groups is 1. The van der Waals surface area contributed by atoms with E-state index in [2.05, 4.69) is 11.1 Å². The van der Waals surface area contributed by atoms with Crippen LogP contribution >= 0.6 is 0 Å². The van der Waals surface area contributed by atoms with Gasteiger partial charge in [0.2, 0.25) is 5.91 Å². The summed E-state index contributed by atoms with van der Waals surface area (Å²) >= 11 is 0. The number of nitro groups is 1. The molecule has 3 heterocycles. The number of aromatic nitrogens is 2. The monoisotopic (exact) mass is 420 g/mol. The lowest BCUT2D eigenvalue weighted by molar-refractivity contribution is -0.384. The van der Waals surface area contributed by atoms with Crippen molar-refractivity contribution in [3.63, 3.8) is 0 Å². The van der Waals surface area contributed by atoms with Crippen LogP contribution in [0.15, 0.2) is 51.7 Å². The van der Waals surface area contributed by atoms with E-state index in [1.165, 1.54) is 34.0 Å². The minimum Gasteiger partial charge on any atom is -0.407 e. The van der Waals surface area contributed by atoms with Crippen LogP contribution in [0.25, 0.3) is 22.0 Å². The number of amides is 1. The molecule has 4 aromatic rings. The topological polar surface area (TPSA) is 114 Å². The first kappa shape index (κ1) is 19.1. The van der Waals surface area contributed by atoms with Gasteiger partial charge >= 0.3 is 5.76 Å². The van der Waals surface area contributed by atoms with Gasteiger partial charge in [0.1, 0.15) is 0 Å². The standard InChI is InChI=1S/C22H20N4O5/c27-21(24-11-9-18-16(13-24)15-4-1-2-5-17(15)23-18)6-3-10-25-19-8-7-14(26(29)30)12-20(19)31-22(25)28/h1-2,4-5,7-8,12,23H,3,6,9-11,13H2. The number of benzene rings is 2. The number of non-ortho nitro benzene ring substituents is 1. The van der Waals surface area contributed by atoms with E-state index in [0.29, 0.717) is 38.0 Å². The van der Waals surface area contributed by atoms with Crippen molar-refractivity contribution in [3.05, 3.63) is 74.4 Å². The third kappa shape index (κ3) is 3.37. The van der Waals surface area contributed by atoms with Crippen molar-refractivity contribution in [1.82, 2.24) is 14.5 Å². The highest BCUT2D eigenvalue weighted by Crippen LogP contribution is 2.28. The summed E-state index contributed by atoms with van der Waals surface area (Å²) in [7, 11) is 0. The number of para-hydroxylation sites is 1. The van der Waals surface area contributed by atoms with Crippen LogP contribution in [0, 0.1) is 10.1 Å². The van der Waals surface area contributed by atoms with Crippen LogP contribution in [0.4, 0.5) is 5.69 Å². The normalized spacial score (nSPS) is 13.6. The molecule has 0 spiro atoms. The van der Waals surface area contributed by atoms with Crippen molar-refractivity contribution < 1.29 is 14.1 Å². The Labute approximate surface area is 176 Å². The van der Waals surface area contributed by atoms with Gasteiger partial charge in [0.05, 0.1) is 16.5 Å². The van der Waals surface area contributed by atoms with Crippen molar-refractivity contribution in [3.8, 4) is 0 Å². The number of aromatic amines is 1. The average Bonchev–Trinajstić information content (AvgIpc) is 3.29. The number of hydrogen-bond donors (Lipinski definition) is 1. The van der Waals surface area contributed by atoms with Gasteiger partial charge in [0.25, 0.3) is 5.69 Å². The number of carbonyl (C=O) groups excluding carboxylic acids is 1. The molecule has 1 aliphatic rings. The van der Waals surface area contributed by atoms with Crippen LogP contribution < -0.4 is 5.76 Å². The second-order valence-electron chi connectivity index (χ2n) is 7.73. The number of nitrogens with one attached hydrogen (secondary N) is 1. The number of hydrogen-bond acceptors (Lipinski definition) is 5. The molecular weight excluding hydrogens is 400 g/mol. The molecule has 0 saturated heterocycles. The van der Waals surface area contributed by atoms with E-state index in [1.54, 1.807) is 0 Å². The Bertz CT molecular complexity index is 1380. The smallest absolute Gasteiger partial charge is 0.407 e. The van der Waals surface area contributed by atoms with Gasteiger partial charge in [-0.05, 0) is 18.6 Å². The summed E-state index contributed by atoms with van der Waals surface area (Å²) < 4.78 is 6.56. The van der Waals surface area contributed by atoms with Crippen LogP contribution in [0.2, 0.25) is 0 Å². The molecule has 0 atom stereocenters. The van der Waals surface area contributed by atoms with E-state index in [-0.39, 0.29) is 17.2 Å². The van der Waals surface area contributed by atoms with Gasteiger partial charge in [-0.3, -0.25) is 19.5 Å². The minimum absolute atomic E-state index is 0.0485. The summed E-state index contributed by atoms with van der Waals surface area (Å²) in [5.41, 5.74) is 3.99. The fourth-order valence-electron chi connectivity index (χ4n) is 4.31. The number of rotatable bonds is 5. The molecule has 1 N–H and O–H groups in total. The van der Waals surface area contributed by atoms with E-state index in [1.807, 2.05) is 23.1 Å². The van der Waals surface area contributed by atoms with Gasteiger partial charge < -0.3 is 14.3 Å². The Balaban J connectivity index is 1.26. The highest BCUT2D eigenvalue weighted by atomic mass is 16.6. The maximum atomic E-state index is 12.8. The Kier molecular flexibility index (Phi) is 4.58. The molecule has 31 heavy (non-hydrogen) atoms. The molecule has 0 aliphatic carbocycles. The summed E-state index contributed by atoms with van der Waals surface area (Å²) in [6, 6.07) is 12.2. The SMILES string of the molecule is O=C(CCCn1c(=O)oc2cc([N+](=O)[O-])ccc21)N1CCc2[nH]c3ccccc3c2C1. The highest BCUT2D eigenvalue weighted by Gasteiger charge is 2.23. The molecule has 158 valence electrons.